The van der Waals surface area contributed by atoms with Gasteiger partial charge in [-0.2, -0.15) is 0 Å². The zero-order valence-electron chi connectivity index (χ0n) is 14.3. The maximum Gasteiger partial charge on any atom is 0.263 e. The van der Waals surface area contributed by atoms with E-state index >= 15 is 0 Å². The van der Waals surface area contributed by atoms with Crippen LogP contribution in [0.2, 0.25) is 0 Å². The van der Waals surface area contributed by atoms with Crippen molar-refractivity contribution in [3.63, 3.8) is 0 Å². The Bertz CT molecular complexity index is 907. The lowest BCUT2D eigenvalue weighted by atomic mass is 9.97. The molecule has 1 aromatic heterocycles. The number of carbonyl (C=O) groups is 2. The van der Waals surface area contributed by atoms with Gasteiger partial charge in [0.05, 0.1) is 15.7 Å². The van der Waals surface area contributed by atoms with Gasteiger partial charge in [0.15, 0.2) is 9.84 Å². The predicted octanol–water partition coefficient (Wildman–Crippen LogP) is 2.64. The van der Waals surface area contributed by atoms with E-state index in [4.69, 9.17) is 0 Å². The molecule has 2 heterocycles. The Balaban J connectivity index is 1.67. The van der Waals surface area contributed by atoms with Gasteiger partial charge in [0, 0.05) is 25.0 Å². The molecule has 8 heteroatoms. The third-order valence-corrected chi connectivity index (χ3v) is 6.31. The van der Waals surface area contributed by atoms with Crippen LogP contribution in [0.5, 0.6) is 0 Å². The number of sulfone groups is 1. The quantitative estimate of drug-likeness (QED) is 0.867. The van der Waals surface area contributed by atoms with Crippen LogP contribution in [0.1, 0.15) is 22.5 Å². The zero-order valence-corrected chi connectivity index (χ0v) is 16.0. The molecule has 0 aliphatic carbocycles. The molecule has 0 bridgehead atoms. The second kappa shape index (κ2) is 7.59. The van der Waals surface area contributed by atoms with Crippen molar-refractivity contribution in [1.82, 2.24) is 4.90 Å². The highest BCUT2D eigenvalue weighted by molar-refractivity contribution is 7.90. The van der Waals surface area contributed by atoms with Crippen molar-refractivity contribution < 1.29 is 18.0 Å². The van der Waals surface area contributed by atoms with Crippen molar-refractivity contribution >= 4 is 38.7 Å². The summed E-state index contributed by atoms with van der Waals surface area (Å²) in [6.07, 6.45) is 2.59. The number of nitrogens with zero attached hydrogens (tertiary/aromatic N) is 1. The largest absolute Gasteiger partial charge is 0.337 e. The van der Waals surface area contributed by atoms with Crippen LogP contribution < -0.4 is 5.32 Å². The zero-order chi connectivity index (χ0) is 18.7. The smallest absolute Gasteiger partial charge is 0.263 e. The van der Waals surface area contributed by atoms with Gasteiger partial charge in [0.2, 0.25) is 5.91 Å². The summed E-state index contributed by atoms with van der Waals surface area (Å²) < 4.78 is 23.3. The van der Waals surface area contributed by atoms with Crippen molar-refractivity contribution in [2.45, 2.75) is 17.7 Å². The number of benzene rings is 1. The third kappa shape index (κ3) is 4.31. The Hall–Kier alpha value is -2.19. The van der Waals surface area contributed by atoms with Crippen LogP contribution >= 0.6 is 11.3 Å². The van der Waals surface area contributed by atoms with Gasteiger partial charge in [-0.3, -0.25) is 9.59 Å². The van der Waals surface area contributed by atoms with Crippen LogP contribution in [0.3, 0.4) is 0 Å². The number of nitrogens with one attached hydrogen (secondary N) is 1. The average molecular weight is 393 g/mol. The number of thiophene rings is 1. The van der Waals surface area contributed by atoms with E-state index in [1.165, 1.54) is 23.5 Å². The van der Waals surface area contributed by atoms with Gasteiger partial charge < -0.3 is 10.2 Å². The predicted molar refractivity (Wildman–Crippen MR) is 101 cm³/mol. The Morgan fingerprint density at radius 3 is 2.73 bits per heavy atom. The molecular formula is C18H20N2O4S2. The van der Waals surface area contributed by atoms with Gasteiger partial charge in [0.25, 0.3) is 5.91 Å². The summed E-state index contributed by atoms with van der Waals surface area (Å²) >= 11 is 1.39. The highest BCUT2D eigenvalue weighted by Crippen LogP contribution is 2.23. The minimum absolute atomic E-state index is 0.0448. The molecule has 138 valence electrons. The van der Waals surface area contributed by atoms with E-state index in [-0.39, 0.29) is 22.6 Å². The molecule has 1 aromatic carbocycles. The topological polar surface area (TPSA) is 83.6 Å². The Morgan fingerprint density at radius 1 is 1.23 bits per heavy atom. The van der Waals surface area contributed by atoms with Crippen LogP contribution in [0, 0.1) is 5.92 Å². The van der Waals surface area contributed by atoms with E-state index in [2.05, 4.69) is 5.32 Å². The maximum atomic E-state index is 12.6. The lowest BCUT2D eigenvalue weighted by molar-refractivity contribution is -0.121. The molecule has 26 heavy (non-hydrogen) atoms. The summed E-state index contributed by atoms with van der Waals surface area (Å²) in [6, 6.07) is 9.81. The summed E-state index contributed by atoms with van der Waals surface area (Å²) in [6.45, 7) is 1.01. The first-order chi connectivity index (χ1) is 12.3. The van der Waals surface area contributed by atoms with Gasteiger partial charge in [-0.25, -0.2) is 8.42 Å². The Labute approximate surface area is 156 Å². The number of carbonyl (C=O) groups excluding carboxylic acids is 2. The number of rotatable bonds is 4. The Kier molecular flexibility index (Phi) is 5.43. The second-order valence-corrected chi connectivity index (χ2v) is 9.32. The van der Waals surface area contributed by atoms with Crippen molar-refractivity contribution in [2.75, 3.05) is 24.7 Å². The first kappa shape index (κ1) is 18.6. The summed E-state index contributed by atoms with van der Waals surface area (Å²) in [7, 11) is -3.33. The van der Waals surface area contributed by atoms with Crippen LogP contribution in [-0.2, 0) is 14.6 Å². The summed E-state index contributed by atoms with van der Waals surface area (Å²) in [5.41, 5.74) is 0.444. The lowest BCUT2D eigenvalue weighted by Crippen LogP contribution is -2.43. The van der Waals surface area contributed by atoms with Crippen molar-refractivity contribution in [1.29, 1.82) is 0 Å². The maximum absolute atomic E-state index is 12.6. The van der Waals surface area contributed by atoms with Gasteiger partial charge in [-0.1, -0.05) is 12.1 Å². The minimum Gasteiger partial charge on any atom is -0.337 e. The highest BCUT2D eigenvalue weighted by atomic mass is 32.2. The van der Waals surface area contributed by atoms with Gasteiger partial charge >= 0.3 is 0 Å². The fourth-order valence-corrected chi connectivity index (χ4v) is 4.34. The van der Waals surface area contributed by atoms with Gasteiger partial charge in [-0.05, 0) is 42.5 Å². The molecule has 1 saturated heterocycles. The first-order valence-corrected chi connectivity index (χ1v) is 11.1. The number of hydrogen-bond donors (Lipinski definition) is 1. The molecule has 1 fully saturated rings. The molecule has 2 amide bonds. The number of likely N-dealkylation sites (tertiary alicyclic amines) is 1. The van der Waals surface area contributed by atoms with Gasteiger partial charge in [-0.15, -0.1) is 11.3 Å². The van der Waals surface area contributed by atoms with E-state index < -0.39 is 9.84 Å². The van der Waals surface area contributed by atoms with Crippen LogP contribution in [0.25, 0.3) is 0 Å². The van der Waals surface area contributed by atoms with Crippen LogP contribution in [0.4, 0.5) is 5.69 Å². The molecule has 1 N–H and O–H groups in total. The standard InChI is InChI=1S/C18H20N2O4S2/c1-26(23,24)15-7-2-6-14(11-15)19-17(21)13-5-3-9-20(12-13)18(22)16-8-4-10-25-16/h2,4,6-8,10-11,13H,3,5,9,12H2,1H3,(H,19,21). The molecule has 6 nitrogen and oxygen atoms in total. The van der Waals surface area contributed by atoms with E-state index in [1.807, 2.05) is 11.4 Å². The van der Waals surface area contributed by atoms with Crippen molar-refractivity contribution in [3.05, 3.63) is 46.7 Å². The fourth-order valence-electron chi connectivity index (χ4n) is 2.98. The van der Waals surface area contributed by atoms with Crippen molar-refractivity contribution in [3.8, 4) is 0 Å². The van der Waals surface area contributed by atoms with Crippen molar-refractivity contribution in [2.24, 2.45) is 5.92 Å². The van der Waals surface area contributed by atoms with Crippen LogP contribution in [-0.4, -0.2) is 44.5 Å². The number of piperidine rings is 1. The molecule has 0 spiro atoms. The number of anilines is 1. The van der Waals surface area contributed by atoms with E-state index in [0.717, 1.165) is 12.7 Å². The molecule has 0 saturated carbocycles. The SMILES string of the molecule is CS(=O)(=O)c1cccc(NC(=O)C2CCCN(C(=O)c3cccs3)C2)c1. The number of amides is 2. The average Bonchev–Trinajstić information content (AvgIpc) is 3.15. The summed E-state index contributed by atoms with van der Waals surface area (Å²) in [4.78, 5) is 27.6. The molecule has 1 unspecified atom stereocenters. The van der Waals surface area contributed by atoms with Gasteiger partial charge in [0.1, 0.15) is 0 Å². The lowest BCUT2D eigenvalue weighted by Gasteiger charge is -2.31. The molecule has 1 aliphatic heterocycles. The summed E-state index contributed by atoms with van der Waals surface area (Å²) in [5.74, 6) is -0.551. The molecule has 0 radical (unpaired) electrons. The molecule has 3 rings (SSSR count). The normalized spacial score (nSPS) is 17.7. The third-order valence-electron chi connectivity index (χ3n) is 4.34. The molecule has 1 atom stereocenters. The fraction of sp³-hybridized carbons (Fsp3) is 0.333. The first-order valence-electron chi connectivity index (χ1n) is 8.28. The number of hydrogen-bond acceptors (Lipinski definition) is 5. The van der Waals surface area contributed by atoms with E-state index in [0.29, 0.717) is 30.1 Å². The van der Waals surface area contributed by atoms with E-state index in [9.17, 15) is 18.0 Å². The minimum atomic E-state index is -3.33. The molecular weight excluding hydrogens is 372 g/mol. The molecule has 1 aliphatic rings. The second-order valence-electron chi connectivity index (χ2n) is 6.36. The van der Waals surface area contributed by atoms with Crippen LogP contribution in [0.15, 0.2) is 46.7 Å². The Morgan fingerprint density at radius 2 is 2.04 bits per heavy atom. The monoisotopic (exact) mass is 392 g/mol. The molecule has 2 aromatic rings. The summed E-state index contributed by atoms with van der Waals surface area (Å²) in [5, 5.41) is 4.64. The van der Waals surface area contributed by atoms with E-state index in [1.54, 1.807) is 23.1 Å². The highest BCUT2D eigenvalue weighted by Gasteiger charge is 2.29.